The van der Waals surface area contributed by atoms with Crippen LogP contribution < -0.4 is 0 Å². The van der Waals surface area contributed by atoms with Gasteiger partial charge in [-0.15, -0.1) is 11.8 Å². The maximum Gasteiger partial charge on any atom is 0.111 e. The first-order valence-corrected chi connectivity index (χ1v) is 8.03. The van der Waals surface area contributed by atoms with Gasteiger partial charge in [-0.25, -0.2) is 4.98 Å². The van der Waals surface area contributed by atoms with Crippen molar-refractivity contribution in [1.82, 2.24) is 9.55 Å². The summed E-state index contributed by atoms with van der Waals surface area (Å²) in [4.78, 5) is 5.45. The predicted octanol–water partition coefficient (Wildman–Crippen LogP) is 3.36. The number of nitrogens with zero attached hydrogens (tertiary/aromatic N) is 2. The smallest absolute Gasteiger partial charge is 0.111 e. The molecule has 0 aliphatic rings. The average molecular weight is 341 g/mol. The molecule has 0 fully saturated rings. The van der Waals surface area contributed by atoms with E-state index in [1.165, 1.54) is 4.90 Å². The molecule has 0 saturated carbocycles. The maximum absolute atomic E-state index is 10.1. The average Bonchev–Trinajstić information content (AvgIpc) is 2.85. The monoisotopic (exact) mass is 340 g/mol. The number of imidazole rings is 1. The number of aliphatic hydroxyl groups excluding tert-OH is 1. The molecule has 5 heteroatoms. The van der Waals surface area contributed by atoms with Gasteiger partial charge in [0.2, 0.25) is 0 Å². The van der Waals surface area contributed by atoms with Gasteiger partial charge < -0.3 is 9.67 Å². The van der Waals surface area contributed by atoms with Crippen LogP contribution in [0.4, 0.5) is 0 Å². The zero-order chi connectivity index (χ0) is 13.7. The zero-order valence-electron chi connectivity index (χ0n) is 10.8. The number of hydrogen-bond acceptors (Lipinski definition) is 3. The van der Waals surface area contributed by atoms with Crippen LogP contribution in [0.1, 0.15) is 12.7 Å². The third-order valence-corrected chi connectivity index (χ3v) is 4.50. The molecular formula is C14H17BrN2OS. The molecule has 1 unspecified atom stereocenters. The molecular weight excluding hydrogens is 324 g/mol. The summed E-state index contributed by atoms with van der Waals surface area (Å²) in [6.45, 7) is 2.97. The van der Waals surface area contributed by atoms with Gasteiger partial charge in [0, 0.05) is 40.5 Å². The van der Waals surface area contributed by atoms with E-state index in [4.69, 9.17) is 0 Å². The summed E-state index contributed by atoms with van der Waals surface area (Å²) in [6, 6.07) is 8.12. The molecule has 1 heterocycles. The topological polar surface area (TPSA) is 38.0 Å². The number of halogens is 1. The lowest BCUT2D eigenvalue weighted by molar-refractivity contribution is 0.196. The third kappa shape index (κ3) is 4.37. The van der Waals surface area contributed by atoms with Crippen molar-refractivity contribution in [1.29, 1.82) is 0 Å². The molecule has 3 nitrogen and oxygen atoms in total. The van der Waals surface area contributed by atoms with Crippen LogP contribution in [0.25, 0.3) is 0 Å². The number of aromatic nitrogens is 2. The number of aryl methyl sites for hydroxylation is 1. The largest absolute Gasteiger partial charge is 0.392 e. The number of aliphatic hydroxyl groups is 1. The van der Waals surface area contributed by atoms with Gasteiger partial charge in [0.1, 0.15) is 5.82 Å². The second-order valence-electron chi connectivity index (χ2n) is 4.25. The summed E-state index contributed by atoms with van der Waals surface area (Å²) in [5.74, 6) is 1.63. The second-order valence-corrected chi connectivity index (χ2v) is 6.26. The van der Waals surface area contributed by atoms with Gasteiger partial charge in [0.05, 0.1) is 6.10 Å². The van der Waals surface area contributed by atoms with Gasteiger partial charge in [-0.1, -0.05) is 15.9 Å². The quantitative estimate of drug-likeness (QED) is 0.819. The fourth-order valence-corrected chi connectivity index (χ4v) is 2.91. The summed E-state index contributed by atoms with van der Waals surface area (Å²) in [7, 11) is 0. The number of hydrogen-bond donors (Lipinski definition) is 1. The zero-order valence-corrected chi connectivity index (χ0v) is 13.2. The number of rotatable bonds is 6. The van der Waals surface area contributed by atoms with Gasteiger partial charge in [-0.2, -0.15) is 0 Å². The summed E-state index contributed by atoms with van der Waals surface area (Å²) in [6.07, 6.45) is 3.96. The molecule has 0 aliphatic carbocycles. The van der Waals surface area contributed by atoms with E-state index in [1.54, 1.807) is 18.0 Å². The van der Waals surface area contributed by atoms with Crippen molar-refractivity contribution in [3.8, 4) is 0 Å². The molecule has 0 bridgehead atoms. The minimum absolute atomic E-state index is 0.374. The molecule has 102 valence electrons. The van der Waals surface area contributed by atoms with E-state index >= 15 is 0 Å². The summed E-state index contributed by atoms with van der Waals surface area (Å²) < 4.78 is 3.13. The van der Waals surface area contributed by atoms with Gasteiger partial charge >= 0.3 is 0 Å². The molecule has 0 spiro atoms. The van der Waals surface area contributed by atoms with Crippen molar-refractivity contribution < 1.29 is 5.11 Å². The number of benzene rings is 1. The Morgan fingerprint density at radius 1 is 1.37 bits per heavy atom. The minimum atomic E-state index is -0.374. The Labute approximate surface area is 126 Å². The van der Waals surface area contributed by atoms with Crippen molar-refractivity contribution >= 4 is 27.7 Å². The lowest BCUT2D eigenvalue weighted by Crippen LogP contribution is -2.16. The Hall–Kier alpha value is -0.780. The maximum atomic E-state index is 10.1. The van der Waals surface area contributed by atoms with Crippen LogP contribution in [-0.4, -0.2) is 26.5 Å². The van der Waals surface area contributed by atoms with Gasteiger partial charge in [0.15, 0.2) is 0 Å². The highest BCUT2D eigenvalue weighted by atomic mass is 79.9. The number of thioether (sulfide) groups is 1. The highest BCUT2D eigenvalue weighted by molar-refractivity contribution is 9.10. The lowest BCUT2D eigenvalue weighted by Gasteiger charge is -2.11. The first-order valence-electron chi connectivity index (χ1n) is 6.25. The van der Waals surface area contributed by atoms with Crippen LogP contribution in [-0.2, 0) is 13.0 Å². The van der Waals surface area contributed by atoms with Gasteiger partial charge in [0.25, 0.3) is 0 Å². The van der Waals surface area contributed by atoms with Crippen LogP contribution in [0.3, 0.4) is 0 Å². The molecule has 1 aromatic heterocycles. The van der Waals surface area contributed by atoms with Gasteiger partial charge in [-0.05, 0) is 31.2 Å². The van der Waals surface area contributed by atoms with Crippen LogP contribution in [0, 0.1) is 0 Å². The fraction of sp³-hybridized carbons (Fsp3) is 0.357. The first-order chi connectivity index (χ1) is 9.19. The van der Waals surface area contributed by atoms with E-state index < -0.39 is 0 Å². The SMILES string of the molecule is CCn1ccnc1CC(O)CSc1ccc(Br)cc1. The first kappa shape index (κ1) is 14.6. The van der Waals surface area contributed by atoms with E-state index in [0.717, 1.165) is 16.8 Å². The van der Waals surface area contributed by atoms with Crippen molar-refractivity contribution in [2.75, 3.05) is 5.75 Å². The molecule has 0 radical (unpaired) electrons. The third-order valence-electron chi connectivity index (χ3n) is 2.82. The molecule has 1 atom stereocenters. The Morgan fingerprint density at radius 2 is 2.11 bits per heavy atom. The fourth-order valence-electron chi connectivity index (χ4n) is 1.81. The Morgan fingerprint density at radius 3 is 2.79 bits per heavy atom. The predicted molar refractivity (Wildman–Crippen MR) is 82.5 cm³/mol. The van der Waals surface area contributed by atoms with Crippen LogP contribution in [0.15, 0.2) is 46.0 Å². The van der Waals surface area contributed by atoms with Crippen molar-refractivity contribution in [2.24, 2.45) is 0 Å². The van der Waals surface area contributed by atoms with E-state index in [1.807, 2.05) is 18.3 Å². The summed E-state index contributed by atoms with van der Waals surface area (Å²) in [5.41, 5.74) is 0. The Bertz CT molecular complexity index is 512. The molecule has 1 N–H and O–H groups in total. The molecule has 1 aromatic carbocycles. The standard InChI is InChI=1S/C14H17BrN2OS/c1-2-17-8-7-16-14(17)9-12(18)10-19-13-5-3-11(15)4-6-13/h3-8,12,18H,2,9-10H2,1H3. The molecule has 2 rings (SSSR count). The van der Waals surface area contributed by atoms with E-state index in [-0.39, 0.29) is 6.10 Å². The summed E-state index contributed by atoms with van der Waals surface area (Å²) >= 11 is 5.08. The molecule has 0 amide bonds. The van der Waals surface area contributed by atoms with E-state index in [0.29, 0.717) is 12.2 Å². The highest BCUT2D eigenvalue weighted by Crippen LogP contribution is 2.21. The van der Waals surface area contributed by atoms with Crippen molar-refractivity contribution in [3.05, 3.63) is 47.0 Å². The highest BCUT2D eigenvalue weighted by Gasteiger charge is 2.10. The Balaban J connectivity index is 1.84. The van der Waals surface area contributed by atoms with Crippen molar-refractivity contribution in [2.45, 2.75) is 30.9 Å². The normalized spacial score (nSPS) is 12.6. The Kier molecular flexibility index (Phi) is 5.48. The molecule has 2 aromatic rings. The van der Waals surface area contributed by atoms with Gasteiger partial charge in [-0.3, -0.25) is 0 Å². The minimum Gasteiger partial charge on any atom is -0.392 e. The molecule has 0 saturated heterocycles. The summed E-state index contributed by atoms with van der Waals surface area (Å²) in [5, 5.41) is 10.1. The van der Waals surface area contributed by atoms with Crippen LogP contribution in [0.5, 0.6) is 0 Å². The van der Waals surface area contributed by atoms with Crippen LogP contribution >= 0.6 is 27.7 Å². The van der Waals surface area contributed by atoms with Crippen LogP contribution in [0.2, 0.25) is 0 Å². The van der Waals surface area contributed by atoms with E-state index in [2.05, 4.69) is 44.5 Å². The molecule has 0 aliphatic heterocycles. The van der Waals surface area contributed by atoms with E-state index in [9.17, 15) is 5.11 Å². The second kappa shape index (κ2) is 7.12. The lowest BCUT2D eigenvalue weighted by atomic mass is 10.3. The van der Waals surface area contributed by atoms with Crippen molar-refractivity contribution in [3.63, 3.8) is 0 Å². The molecule has 19 heavy (non-hydrogen) atoms.